The molecule has 22 heavy (non-hydrogen) atoms. The number of ketones is 2. The number of Topliss-reactive ketones (excluding diaryl/α,β-unsaturated/α-hetero) is 2. The topological polar surface area (TPSA) is 37.4 Å². The molecule has 2 heterocycles. The van der Waals surface area contributed by atoms with Crippen molar-refractivity contribution >= 4 is 33.2 Å². The maximum absolute atomic E-state index is 12.9. The van der Waals surface area contributed by atoms with Crippen LogP contribution in [-0.4, -0.2) is 24.2 Å². The van der Waals surface area contributed by atoms with Crippen LogP contribution in [0.4, 0.5) is 5.69 Å². The van der Waals surface area contributed by atoms with Gasteiger partial charge in [0.2, 0.25) is 0 Å². The summed E-state index contributed by atoms with van der Waals surface area (Å²) in [4.78, 5) is 28.1. The lowest BCUT2D eigenvalue weighted by Crippen LogP contribution is -2.62. The molecule has 0 aromatic heterocycles. The maximum Gasteiger partial charge on any atom is 0.148 e. The quantitative estimate of drug-likeness (QED) is 0.661. The Morgan fingerprint density at radius 3 is 2.64 bits per heavy atom. The third kappa shape index (κ3) is 1.92. The molecule has 1 aromatic rings. The van der Waals surface area contributed by atoms with Crippen molar-refractivity contribution in [2.45, 2.75) is 51.0 Å². The summed E-state index contributed by atoms with van der Waals surface area (Å²) < 4.78 is 1.06. The zero-order valence-electron chi connectivity index (χ0n) is 12.6. The van der Waals surface area contributed by atoms with E-state index in [2.05, 4.69) is 33.0 Å². The van der Waals surface area contributed by atoms with E-state index in [9.17, 15) is 9.59 Å². The van der Waals surface area contributed by atoms with Gasteiger partial charge >= 0.3 is 0 Å². The van der Waals surface area contributed by atoms with E-state index in [1.54, 1.807) is 0 Å². The van der Waals surface area contributed by atoms with E-state index in [0.717, 1.165) is 42.3 Å². The van der Waals surface area contributed by atoms with Crippen molar-refractivity contribution < 1.29 is 9.59 Å². The number of hydrogen-bond acceptors (Lipinski definition) is 3. The lowest BCUT2D eigenvalue weighted by Gasteiger charge is -2.53. The number of carbonyl (C=O) groups excluding carboxylic acids is 2. The molecule has 2 aliphatic heterocycles. The lowest BCUT2D eigenvalue weighted by atomic mass is 9.60. The Kier molecular flexibility index (Phi) is 3.40. The molecule has 1 unspecified atom stereocenters. The number of halogens is 1. The molecule has 2 fully saturated rings. The molecule has 4 rings (SSSR count). The highest BCUT2D eigenvalue weighted by atomic mass is 79.9. The summed E-state index contributed by atoms with van der Waals surface area (Å²) in [6.45, 7) is 0.955. The van der Waals surface area contributed by atoms with Gasteiger partial charge in [0.15, 0.2) is 0 Å². The summed E-state index contributed by atoms with van der Waals surface area (Å²) in [5, 5.41) is 0. The van der Waals surface area contributed by atoms with E-state index in [0.29, 0.717) is 19.3 Å². The average molecular weight is 362 g/mol. The molecular weight excluding hydrogens is 342 g/mol. The molecule has 1 aliphatic carbocycles. The fourth-order valence-corrected chi connectivity index (χ4v) is 5.03. The number of rotatable bonds is 0. The van der Waals surface area contributed by atoms with Crippen molar-refractivity contribution in [2.75, 3.05) is 11.4 Å². The Labute approximate surface area is 139 Å². The molecule has 1 saturated carbocycles. The summed E-state index contributed by atoms with van der Waals surface area (Å²) >= 11 is 3.56. The van der Waals surface area contributed by atoms with Crippen LogP contribution in [0, 0.1) is 5.41 Å². The van der Waals surface area contributed by atoms with Crippen LogP contribution in [0.5, 0.6) is 0 Å². The summed E-state index contributed by atoms with van der Waals surface area (Å²) in [7, 11) is 0. The van der Waals surface area contributed by atoms with Gasteiger partial charge in [-0.25, -0.2) is 0 Å². The van der Waals surface area contributed by atoms with Gasteiger partial charge in [0.1, 0.15) is 17.0 Å². The number of anilines is 1. The summed E-state index contributed by atoms with van der Waals surface area (Å²) in [5.41, 5.74) is 1.61. The van der Waals surface area contributed by atoms with Crippen LogP contribution < -0.4 is 4.90 Å². The first-order valence-electron chi connectivity index (χ1n) is 8.24. The zero-order chi connectivity index (χ0) is 15.3. The van der Waals surface area contributed by atoms with Gasteiger partial charge < -0.3 is 4.90 Å². The first kappa shape index (κ1) is 14.4. The van der Waals surface area contributed by atoms with Crippen LogP contribution >= 0.6 is 15.9 Å². The van der Waals surface area contributed by atoms with Gasteiger partial charge in [0.25, 0.3) is 0 Å². The average Bonchev–Trinajstić information content (AvgIpc) is 2.53. The van der Waals surface area contributed by atoms with E-state index in [-0.39, 0.29) is 17.6 Å². The second-order valence-corrected chi connectivity index (χ2v) is 7.74. The molecule has 0 N–H and O–H groups in total. The summed E-state index contributed by atoms with van der Waals surface area (Å²) in [6.07, 6.45) is 5.70. The van der Waals surface area contributed by atoms with Crippen molar-refractivity contribution in [2.24, 2.45) is 5.41 Å². The second-order valence-electron chi connectivity index (χ2n) is 6.83. The standard InChI is InChI=1S/C18H20BrNO2/c19-13-8-7-12-11-18(16(21)5-3-6-17(18)22)15-4-1-2-9-20(15)14(12)10-13/h7-8,10,15H,1-6,9,11H2. The minimum absolute atomic E-state index is 0.0725. The minimum Gasteiger partial charge on any atom is -0.367 e. The van der Waals surface area contributed by atoms with Crippen molar-refractivity contribution in [3.8, 4) is 0 Å². The van der Waals surface area contributed by atoms with Crippen LogP contribution in [0.15, 0.2) is 22.7 Å². The van der Waals surface area contributed by atoms with Gasteiger partial charge in [-0.3, -0.25) is 9.59 Å². The van der Waals surface area contributed by atoms with Gasteiger partial charge in [0.05, 0.1) is 0 Å². The Bertz CT molecular complexity index is 638. The smallest absolute Gasteiger partial charge is 0.148 e. The highest BCUT2D eigenvalue weighted by Gasteiger charge is 2.57. The minimum atomic E-state index is -0.764. The van der Waals surface area contributed by atoms with Crippen LogP contribution in [-0.2, 0) is 16.0 Å². The molecule has 1 aromatic carbocycles. The van der Waals surface area contributed by atoms with Crippen molar-refractivity contribution in [3.63, 3.8) is 0 Å². The van der Waals surface area contributed by atoms with Crippen LogP contribution in [0.25, 0.3) is 0 Å². The normalized spacial score (nSPS) is 26.8. The molecule has 3 aliphatic rings. The predicted octanol–water partition coefficient (Wildman–Crippen LogP) is 3.67. The number of nitrogens with zero attached hydrogens (tertiary/aromatic N) is 1. The maximum atomic E-state index is 12.9. The van der Waals surface area contributed by atoms with Crippen molar-refractivity contribution in [1.29, 1.82) is 0 Å². The third-order valence-corrected chi connectivity index (χ3v) is 6.19. The number of piperidine rings is 1. The SMILES string of the molecule is O=C1CCCC(=O)C12Cc1ccc(Br)cc1N1CCCCC12. The lowest BCUT2D eigenvalue weighted by molar-refractivity contribution is -0.146. The van der Waals surface area contributed by atoms with Crippen LogP contribution in [0.1, 0.15) is 44.1 Å². The monoisotopic (exact) mass is 361 g/mol. The fraction of sp³-hybridized carbons (Fsp3) is 0.556. The van der Waals surface area contributed by atoms with Crippen molar-refractivity contribution in [3.05, 3.63) is 28.2 Å². The number of carbonyl (C=O) groups is 2. The molecule has 1 spiro atoms. The summed E-state index contributed by atoms with van der Waals surface area (Å²) in [5.74, 6) is 0.378. The fourth-order valence-electron chi connectivity index (χ4n) is 4.68. The van der Waals surface area contributed by atoms with E-state index in [1.165, 1.54) is 5.69 Å². The molecule has 0 radical (unpaired) electrons. The third-order valence-electron chi connectivity index (χ3n) is 5.70. The Morgan fingerprint density at radius 1 is 1.09 bits per heavy atom. The van der Waals surface area contributed by atoms with Crippen molar-refractivity contribution in [1.82, 2.24) is 0 Å². The largest absolute Gasteiger partial charge is 0.367 e. The molecule has 0 bridgehead atoms. The van der Waals surface area contributed by atoms with Crippen LogP contribution in [0.2, 0.25) is 0 Å². The number of hydrogen-bond donors (Lipinski definition) is 0. The molecule has 4 heteroatoms. The van der Waals surface area contributed by atoms with E-state index >= 15 is 0 Å². The van der Waals surface area contributed by atoms with Gasteiger partial charge in [-0.05, 0) is 49.8 Å². The molecule has 1 atom stereocenters. The number of fused-ring (bicyclic) bond motifs is 4. The first-order chi connectivity index (χ1) is 10.6. The number of benzene rings is 1. The second kappa shape index (κ2) is 5.19. The molecule has 116 valence electrons. The van der Waals surface area contributed by atoms with E-state index < -0.39 is 5.41 Å². The zero-order valence-corrected chi connectivity index (χ0v) is 14.2. The molecular formula is C18H20BrNO2. The molecule has 0 amide bonds. The van der Waals surface area contributed by atoms with Crippen LogP contribution in [0.3, 0.4) is 0 Å². The van der Waals surface area contributed by atoms with Gasteiger partial charge in [-0.15, -0.1) is 0 Å². The Hall–Kier alpha value is -1.16. The van der Waals surface area contributed by atoms with E-state index in [4.69, 9.17) is 0 Å². The highest BCUT2D eigenvalue weighted by Crippen LogP contribution is 2.49. The molecule has 3 nitrogen and oxygen atoms in total. The predicted molar refractivity (Wildman–Crippen MR) is 89.1 cm³/mol. The van der Waals surface area contributed by atoms with Gasteiger partial charge in [0, 0.05) is 35.6 Å². The first-order valence-corrected chi connectivity index (χ1v) is 9.04. The van der Waals surface area contributed by atoms with E-state index in [1.807, 2.05) is 6.07 Å². The Morgan fingerprint density at radius 2 is 1.86 bits per heavy atom. The Balaban J connectivity index is 1.89. The van der Waals surface area contributed by atoms with Gasteiger partial charge in [-0.1, -0.05) is 22.0 Å². The van der Waals surface area contributed by atoms with Gasteiger partial charge in [-0.2, -0.15) is 0 Å². The molecule has 1 saturated heterocycles. The highest BCUT2D eigenvalue weighted by molar-refractivity contribution is 9.10. The summed E-state index contributed by atoms with van der Waals surface area (Å²) in [6, 6.07) is 6.33.